The predicted octanol–water partition coefficient (Wildman–Crippen LogP) is 3.26. The van der Waals surface area contributed by atoms with E-state index in [1.54, 1.807) is 0 Å². The molecule has 0 aliphatic carbocycles. The Hall–Kier alpha value is -0.0800. The molecule has 0 aromatic rings. The van der Waals surface area contributed by atoms with Crippen LogP contribution < -0.4 is 5.73 Å². The van der Waals surface area contributed by atoms with Gasteiger partial charge in [0.25, 0.3) is 0 Å². The van der Waals surface area contributed by atoms with Gasteiger partial charge in [-0.05, 0) is 44.7 Å². The molecule has 0 radical (unpaired) electrons. The van der Waals surface area contributed by atoms with Crippen molar-refractivity contribution < 1.29 is 0 Å². The zero-order valence-corrected chi connectivity index (χ0v) is 12.3. The molecule has 0 amide bonds. The van der Waals surface area contributed by atoms with Crippen molar-refractivity contribution in [1.29, 1.82) is 0 Å². The molecular formula is C14H32N2. The average molecular weight is 228 g/mol. The first kappa shape index (κ1) is 15.9. The molecule has 0 fully saturated rings. The number of nitrogens with two attached hydrogens (primary N) is 1. The first-order valence-corrected chi connectivity index (χ1v) is 6.74. The summed E-state index contributed by atoms with van der Waals surface area (Å²) >= 11 is 0. The summed E-state index contributed by atoms with van der Waals surface area (Å²) in [5.74, 6) is 0. The summed E-state index contributed by atoms with van der Waals surface area (Å²) < 4.78 is 0. The Morgan fingerprint density at radius 1 is 1.00 bits per heavy atom. The predicted molar refractivity (Wildman–Crippen MR) is 73.7 cm³/mol. The van der Waals surface area contributed by atoms with Gasteiger partial charge in [-0.2, -0.15) is 0 Å². The van der Waals surface area contributed by atoms with E-state index < -0.39 is 0 Å². The minimum Gasteiger partial charge on any atom is -0.329 e. The molecule has 2 nitrogen and oxygen atoms in total. The Morgan fingerprint density at radius 2 is 1.56 bits per heavy atom. The molecule has 98 valence electrons. The molecule has 1 unspecified atom stereocenters. The van der Waals surface area contributed by atoms with Crippen LogP contribution in [0.5, 0.6) is 0 Å². The van der Waals surface area contributed by atoms with Crippen molar-refractivity contribution in [1.82, 2.24) is 4.90 Å². The molecule has 16 heavy (non-hydrogen) atoms. The van der Waals surface area contributed by atoms with Crippen molar-refractivity contribution in [3.8, 4) is 0 Å². The third kappa shape index (κ3) is 5.31. The SMILES string of the molecule is CCCN(CCC(C)(C)C)C(C)(CC)CN. The molecule has 0 rings (SSSR count). The molecule has 0 heterocycles. The van der Waals surface area contributed by atoms with Crippen LogP contribution in [-0.4, -0.2) is 30.1 Å². The topological polar surface area (TPSA) is 29.3 Å². The summed E-state index contributed by atoms with van der Waals surface area (Å²) in [7, 11) is 0. The van der Waals surface area contributed by atoms with Gasteiger partial charge < -0.3 is 5.73 Å². The zero-order chi connectivity index (χ0) is 12.8. The van der Waals surface area contributed by atoms with Gasteiger partial charge in [-0.1, -0.05) is 34.6 Å². The number of hydrogen-bond acceptors (Lipinski definition) is 2. The summed E-state index contributed by atoms with van der Waals surface area (Å²) in [5.41, 5.74) is 6.54. The molecule has 0 bridgehead atoms. The van der Waals surface area contributed by atoms with Gasteiger partial charge in [0, 0.05) is 12.1 Å². The molecule has 2 N–H and O–H groups in total. The highest BCUT2D eigenvalue weighted by molar-refractivity contribution is 4.86. The summed E-state index contributed by atoms with van der Waals surface area (Å²) in [6.07, 6.45) is 3.58. The lowest BCUT2D eigenvalue weighted by molar-refractivity contribution is 0.0914. The fourth-order valence-corrected chi connectivity index (χ4v) is 1.89. The van der Waals surface area contributed by atoms with Crippen molar-refractivity contribution in [2.75, 3.05) is 19.6 Å². The van der Waals surface area contributed by atoms with E-state index in [2.05, 4.69) is 46.4 Å². The van der Waals surface area contributed by atoms with Gasteiger partial charge in [-0.3, -0.25) is 4.90 Å². The Kier molecular flexibility index (Phi) is 6.57. The van der Waals surface area contributed by atoms with Gasteiger partial charge in [0.1, 0.15) is 0 Å². The molecule has 0 aromatic heterocycles. The van der Waals surface area contributed by atoms with Crippen LogP contribution >= 0.6 is 0 Å². The van der Waals surface area contributed by atoms with Crippen LogP contribution in [0.4, 0.5) is 0 Å². The third-order valence-corrected chi connectivity index (χ3v) is 3.59. The van der Waals surface area contributed by atoms with Crippen LogP contribution in [0.25, 0.3) is 0 Å². The van der Waals surface area contributed by atoms with E-state index in [9.17, 15) is 0 Å². The highest BCUT2D eigenvalue weighted by atomic mass is 15.2. The summed E-state index contributed by atoms with van der Waals surface area (Å²) in [4.78, 5) is 2.58. The first-order valence-electron chi connectivity index (χ1n) is 6.74. The van der Waals surface area contributed by atoms with Crippen LogP contribution in [0.1, 0.15) is 60.8 Å². The highest BCUT2D eigenvalue weighted by Gasteiger charge is 2.28. The zero-order valence-electron chi connectivity index (χ0n) is 12.3. The van der Waals surface area contributed by atoms with Crippen LogP contribution in [0.15, 0.2) is 0 Å². The van der Waals surface area contributed by atoms with Crippen molar-refractivity contribution in [2.45, 2.75) is 66.3 Å². The van der Waals surface area contributed by atoms with Gasteiger partial charge in [0.05, 0.1) is 0 Å². The number of rotatable bonds is 7. The lowest BCUT2D eigenvalue weighted by Crippen LogP contribution is -2.52. The molecule has 1 atom stereocenters. The van der Waals surface area contributed by atoms with Gasteiger partial charge >= 0.3 is 0 Å². The number of hydrogen-bond donors (Lipinski definition) is 1. The van der Waals surface area contributed by atoms with Gasteiger partial charge in [0.15, 0.2) is 0 Å². The Morgan fingerprint density at radius 3 is 1.88 bits per heavy atom. The van der Waals surface area contributed by atoms with Crippen molar-refractivity contribution in [2.24, 2.45) is 11.1 Å². The maximum Gasteiger partial charge on any atom is 0.0300 e. The minimum atomic E-state index is 0.182. The molecule has 0 saturated carbocycles. The average Bonchev–Trinajstić information content (AvgIpc) is 2.21. The minimum absolute atomic E-state index is 0.182. The Bertz CT molecular complexity index is 178. The summed E-state index contributed by atoms with van der Waals surface area (Å²) in [5, 5.41) is 0. The van der Waals surface area contributed by atoms with E-state index in [1.165, 1.54) is 19.4 Å². The second kappa shape index (κ2) is 6.61. The molecule has 0 aliphatic rings. The highest BCUT2D eigenvalue weighted by Crippen LogP contribution is 2.24. The molecule has 0 aliphatic heterocycles. The van der Waals surface area contributed by atoms with E-state index in [0.717, 1.165) is 19.5 Å². The lowest BCUT2D eigenvalue weighted by Gasteiger charge is -2.41. The van der Waals surface area contributed by atoms with Crippen molar-refractivity contribution in [3.63, 3.8) is 0 Å². The normalized spacial score (nSPS) is 16.5. The maximum atomic E-state index is 5.95. The fourth-order valence-electron chi connectivity index (χ4n) is 1.89. The largest absolute Gasteiger partial charge is 0.329 e. The molecule has 2 heteroatoms. The Balaban J connectivity index is 4.47. The fraction of sp³-hybridized carbons (Fsp3) is 1.00. The van der Waals surface area contributed by atoms with Crippen LogP contribution in [-0.2, 0) is 0 Å². The molecule has 0 saturated heterocycles. The monoisotopic (exact) mass is 228 g/mol. The lowest BCUT2D eigenvalue weighted by atomic mass is 9.89. The van der Waals surface area contributed by atoms with Crippen LogP contribution in [0, 0.1) is 5.41 Å². The summed E-state index contributed by atoms with van der Waals surface area (Å²) in [6, 6.07) is 0. The number of nitrogens with zero attached hydrogens (tertiary/aromatic N) is 1. The standard InChI is InChI=1S/C14H32N2/c1-7-10-16(11-9-13(3,4)5)14(6,8-2)12-15/h7-12,15H2,1-6H3. The van der Waals surface area contributed by atoms with Gasteiger partial charge in [-0.15, -0.1) is 0 Å². The van der Waals surface area contributed by atoms with Crippen molar-refractivity contribution >= 4 is 0 Å². The molecule has 0 aromatic carbocycles. The maximum absolute atomic E-state index is 5.95. The second-order valence-electron chi connectivity index (χ2n) is 6.35. The second-order valence-corrected chi connectivity index (χ2v) is 6.35. The van der Waals surface area contributed by atoms with Crippen LogP contribution in [0.2, 0.25) is 0 Å². The van der Waals surface area contributed by atoms with E-state index >= 15 is 0 Å². The first-order chi connectivity index (χ1) is 7.29. The summed E-state index contributed by atoms with van der Waals surface area (Å²) in [6.45, 7) is 16.8. The van der Waals surface area contributed by atoms with E-state index in [1.807, 2.05) is 0 Å². The van der Waals surface area contributed by atoms with Gasteiger partial charge in [0.2, 0.25) is 0 Å². The third-order valence-electron chi connectivity index (χ3n) is 3.59. The van der Waals surface area contributed by atoms with Crippen molar-refractivity contribution in [3.05, 3.63) is 0 Å². The van der Waals surface area contributed by atoms with Crippen LogP contribution in [0.3, 0.4) is 0 Å². The smallest absolute Gasteiger partial charge is 0.0300 e. The molecule has 0 spiro atoms. The van der Waals surface area contributed by atoms with E-state index in [4.69, 9.17) is 5.73 Å². The van der Waals surface area contributed by atoms with E-state index in [0.29, 0.717) is 5.41 Å². The Labute approximate surface area is 103 Å². The molecular weight excluding hydrogens is 196 g/mol. The van der Waals surface area contributed by atoms with E-state index in [-0.39, 0.29) is 5.54 Å². The van der Waals surface area contributed by atoms with Gasteiger partial charge in [-0.25, -0.2) is 0 Å². The quantitative estimate of drug-likeness (QED) is 0.724.